The Balaban J connectivity index is 1.78. The summed E-state index contributed by atoms with van der Waals surface area (Å²) in [6.07, 6.45) is 1.92. The molecule has 2 N–H and O–H groups in total. The predicted molar refractivity (Wildman–Crippen MR) is 95.0 cm³/mol. The molecular weight excluding hydrogens is 300 g/mol. The molecule has 0 saturated heterocycles. The summed E-state index contributed by atoms with van der Waals surface area (Å²) in [5, 5.41) is 8.56. The van der Waals surface area contributed by atoms with Crippen molar-refractivity contribution in [1.82, 2.24) is 24.5 Å². The van der Waals surface area contributed by atoms with Gasteiger partial charge in [0.05, 0.1) is 22.9 Å². The van der Waals surface area contributed by atoms with Crippen molar-refractivity contribution < 1.29 is 0 Å². The lowest BCUT2D eigenvalue weighted by Crippen LogP contribution is -1.99. The number of benzene rings is 2. The lowest BCUT2D eigenvalue weighted by atomic mass is 10.1. The number of rotatable bonds is 2. The highest BCUT2D eigenvalue weighted by Gasteiger charge is 2.10. The van der Waals surface area contributed by atoms with Gasteiger partial charge in [-0.25, -0.2) is 9.67 Å². The van der Waals surface area contributed by atoms with Crippen molar-refractivity contribution in [3.8, 4) is 16.9 Å². The molecular formula is C18H18N6. The number of hydrogen-bond donors (Lipinski definition) is 1. The topological polar surface area (TPSA) is 74.6 Å². The Hall–Kier alpha value is -3.15. The molecule has 2 aromatic heterocycles. The van der Waals surface area contributed by atoms with Crippen LogP contribution in [0, 0.1) is 13.8 Å². The maximum Gasteiger partial charge on any atom is 0.113 e. The number of aromatic nitrogens is 5. The van der Waals surface area contributed by atoms with Crippen LogP contribution in [-0.2, 0) is 7.05 Å². The van der Waals surface area contributed by atoms with Gasteiger partial charge in [-0.3, -0.25) is 0 Å². The zero-order valence-electron chi connectivity index (χ0n) is 13.9. The lowest BCUT2D eigenvalue weighted by Gasteiger charge is -2.05. The van der Waals surface area contributed by atoms with Gasteiger partial charge in [-0.15, -0.1) is 5.10 Å². The zero-order valence-corrected chi connectivity index (χ0v) is 13.9. The molecule has 0 aliphatic heterocycles. The van der Waals surface area contributed by atoms with E-state index < -0.39 is 0 Å². The van der Waals surface area contributed by atoms with Crippen LogP contribution in [-0.4, -0.2) is 24.5 Å². The summed E-state index contributed by atoms with van der Waals surface area (Å²) in [6.45, 7) is 4.03. The highest BCUT2D eigenvalue weighted by molar-refractivity contribution is 5.81. The number of aryl methyl sites for hydroxylation is 3. The number of fused-ring (bicyclic) bond motifs is 1. The summed E-state index contributed by atoms with van der Waals surface area (Å²) in [7, 11) is 2.02. The minimum atomic E-state index is 0.707. The summed E-state index contributed by atoms with van der Waals surface area (Å²) in [6, 6.07) is 11.9. The first-order valence-electron chi connectivity index (χ1n) is 7.75. The average Bonchev–Trinajstić information content (AvgIpc) is 3.15. The van der Waals surface area contributed by atoms with Crippen molar-refractivity contribution in [1.29, 1.82) is 0 Å². The second kappa shape index (κ2) is 5.19. The van der Waals surface area contributed by atoms with E-state index in [9.17, 15) is 0 Å². The first-order chi connectivity index (χ1) is 11.5. The molecule has 6 heteroatoms. The molecule has 0 aliphatic carbocycles. The van der Waals surface area contributed by atoms with Crippen molar-refractivity contribution in [3.63, 3.8) is 0 Å². The molecule has 0 amide bonds. The summed E-state index contributed by atoms with van der Waals surface area (Å²) < 4.78 is 3.83. The van der Waals surface area contributed by atoms with Crippen LogP contribution >= 0.6 is 0 Å². The number of anilines is 1. The van der Waals surface area contributed by atoms with Crippen molar-refractivity contribution in [2.75, 3.05) is 5.73 Å². The Morgan fingerprint density at radius 1 is 1.04 bits per heavy atom. The second-order valence-electron chi connectivity index (χ2n) is 6.02. The first-order valence-corrected chi connectivity index (χ1v) is 7.75. The second-order valence-corrected chi connectivity index (χ2v) is 6.02. The van der Waals surface area contributed by atoms with Crippen LogP contribution in [0.15, 0.2) is 42.6 Å². The van der Waals surface area contributed by atoms with Crippen LogP contribution in [0.5, 0.6) is 0 Å². The third-order valence-corrected chi connectivity index (χ3v) is 4.37. The SMILES string of the molecule is Cc1ccc(N)cc1-n1cc(-c2ccc3c(c2)nc(C)n3C)nn1. The van der Waals surface area contributed by atoms with E-state index in [2.05, 4.69) is 25.9 Å². The Morgan fingerprint density at radius 2 is 1.88 bits per heavy atom. The molecule has 6 nitrogen and oxygen atoms in total. The van der Waals surface area contributed by atoms with Gasteiger partial charge in [-0.2, -0.15) is 0 Å². The van der Waals surface area contributed by atoms with Crippen LogP contribution in [0.1, 0.15) is 11.4 Å². The Morgan fingerprint density at radius 3 is 2.71 bits per heavy atom. The number of nitrogens with two attached hydrogens (primary N) is 1. The smallest absolute Gasteiger partial charge is 0.113 e. The molecule has 0 radical (unpaired) electrons. The van der Waals surface area contributed by atoms with Gasteiger partial charge in [0.2, 0.25) is 0 Å². The molecule has 0 saturated carbocycles. The Kier molecular flexibility index (Phi) is 3.13. The van der Waals surface area contributed by atoms with Gasteiger partial charge in [-0.05, 0) is 43.7 Å². The Bertz CT molecular complexity index is 1060. The van der Waals surface area contributed by atoms with Crippen LogP contribution in [0.2, 0.25) is 0 Å². The van der Waals surface area contributed by atoms with Gasteiger partial charge in [-0.1, -0.05) is 17.3 Å². The predicted octanol–water partition coefficient (Wildman–Crippen LogP) is 3.02. The monoisotopic (exact) mass is 318 g/mol. The van der Waals surface area contributed by atoms with Gasteiger partial charge >= 0.3 is 0 Å². The standard InChI is InChI=1S/C18H18N6/c1-11-4-6-14(19)9-18(11)24-10-16(21-22-24)13-5-7-17-15(8-13)20-12(2)23(17)3/h4-10H,19H2,1-3H3. The number of nitrogen functional groups attached to an aromatic ring is 1. The van der Waals surface area contributed by atoms with E-state index in [1.54, 1.807) is 4.68 Å². The van der Waals surface area contributed by atoms with Crippen LogP contribution in [0.25, 0.3) is 28.0 Å². The van der Waals surface area contributed by atoms with Gasteiger partial charge in [0, 0.05) is 18.3 Å². The summed E-state index contributed by atoms with van der Waals surface area (Å²) in [4.78, 5) is 4.58. The average molecular weight is 318 g/mol. The molecule has 120 valence electrons. The number of nitrogens with zero attached hydrogens (tertiary/aromatic N) is 5. The molecule has 24 heavy (non-hydrogen) atoms. The van der Waals surface area contributed by atoms with E-state index in [0.717, 1.165) is 39.4 Å². The molecule has 0 bridgehead atoms. The van der Waals surface area contributed by atoms with Crippen molar-refractivity contribution in [2.24, 2.45) is 7.05 Å². The molecule has 4 rings (SSSR count). The van der Waals surface area contributed by atoms with Crippen molar-refractivity contribution in [2.45, 2.75) is 13.8 Å². The molecule has 2 aromatic carbocycles. The van der Waals surface area contributed by atoms with Gasteiger partial charge in [0.25, 0.3) is 0 Å². The maximum atomic E-state index is 5.89. The fourth-order valence-electron chi connectivity index (χ4n) is 2.87. The molecule has 0 aliphatic rings. The fraction of sp³-hybridized carbons (Fsp3) is 0.167. The van der Waals surface area contributed by atoms with E-state index in [1.165, 1.54) is 0 Å². The van der Waals surface area contributed by atoms with E-state index in [-0.39, 0.29) is 0 Å². The lowest BCUT2D eigenvalue weighted by molar-refractivity contribution is 0.799. The molecule has 0 atom stereocenters. The maximum absolute atomic E-state index is 5.89. The largest absolute Gasteiger partial charge is 0.399 e. The van der Waals surface area contributed by atoms with Crippen molar-refractivity contribution in [3.05, 3.63) is 54.0 Å². The third kappa shape index (κ3) is 2.23. The van der Waals surface area contributed by atoms with Crippen LogP contribution in [0.4, 0.5) is 5.69 Å². The van der Waals surface area contributed by atoms with E-state index in [0.29, 0.717) is 5.69 Å². The molecule has 0 fully saturated rings. The summed E-state index contributed by atoms with van der Waals surface area (Å²) >= 11 is 0. The quantitative estimate of drug-likeness (QED) is 0.577. The third-order valence-electron chi connectivity index (χ3n) is 4.37. The van der Waals surface area contributed by atoms with Gasteiger partial charge in [0.15, 0.2) is 0 Å². The molecule has 4 aromatic rings. The van der Waals surface area contributed by atoms with E-state index in [4.69, 9.17) is 5.73 Å². The van der Waals surface area contributed by atoms with Gasteiger partial charge in [0.1, 0.15) is 11.5 Å². The fourth-order valence-corrected chi connectivity index (χ4v) is 2.87. The Labute approximate surface area is 139 Å². The first kappa shape index (κ1) is 14.4. The minimum absolute atomic E-state index is 0.707. The molecule has 2 heterocycles. The molecule has 0 spiro atoms. The van der Waals surface area contributed by atoms with Crippen LogP contribution < -0.4 is 5.73 Å². The van der Waals surface area contributed by atoms with Crippen molar-refractivity contribution >= 4 is 16.7 Å². The number of imidazole rings is 1. The minimum Gasteiger partial charge on any atom is -0.399 e. The van der Waals surface area contributed by atoms with Gasteiger partial charge < -0.3 is 10.3 Å². The number of hydrogen-bond acceptors (Lipinski definition) is 4. The summed E-state index contributed by atoms with van der Waals surface area (Å²) in [5.41, 5.74) is 12.5. The summed E-state index contributed by atoms with van der Waals surface area (Å²) in [5.74, 6) is 0.987. The van der Waals surface area contributed by atoms with E-state index in [1.807, 2.05) is 57.4 Å². The van der Waals surface area contributed by atoms with Crippen LogP contribution in [0.3, 0.4) is 0 Å². The highest BCUT2D eigenvalue weighted by Crippen LogP contribution is 2.24. The normalized spacial score (nSPS) is 11.3. The van der Waals surface area contributed by atoms with E-state index >= 15 is 0 Å². The zero-order chi connectivity index (χ0) is 16.8. The highest BCUT2D eigenvalue weighted by atomic mass is 15.4. The molecule has 0 unspecified atom stereocenters.